The molecule has 0 aliphatic rings. The predicted molar refractivity (Wildman–Crippen MR) is 103 cm³/mol. The molecule has 0 saturated heterocycles. The molecule has 1 atom stereocenters. The first-order valence-electron chi connectivity index (χ1n) is 8.77. The van der Waals surface area contributed by atoms with E-state index in [0.29, 0.717) is 11.5 Å². The van der Waals surface area contributed by atoms with E-state index in [1.165, 1.54) is 7.11 Å². The molecule has 0 aliphatic heterocycles. The topological polar surface area (TPSA) is 107 Å². The van der Waals surface area contributed by atoms with E-state index in [1.54, 1.807) is 43.5 Å². The summed E-state index contributed by atoms with van der Waals surface area (Å²) < 4.78 is 38.9. The number of benzene rings is 1. The third-order valence-electron chi connectivity index (χ3n) is 4.18. The third-order valence-corrected chi connectivity index (χ3v) is 5.74. The fourth-order valence-electron chi connectivity index (χ4n) is 2.62. The highest BCUT2D eigenvalue weighted by molar-refractivity contribution is 7.89. The SMILES string of the molecule is COc1ccc(C(C)C)cc1S(=O)(=O)N[C@@H](C)c1nc(-c2ccccn2)no1. The molecule has 28 heavy (non-hydrogen) atoms. The number of pyridine rings is 1. The quantitative estimate of drug-likeness (QED) is 0.646. The second kappa shape index (κ2) is 8.07. The molecule has 0 amide bonds. The minimum Gasteiger partial charge on any atom is -0.495 e. The van der Waals surface area contributed by atoms with Gasteiger partial charge in [0.25, 0.3) is 0 Å². The molecule has 148 valence electrons. The zero-order valence-electron chi connectivity index (χ0n) is 16.1. The molecular weight excluding hydrogens is 380 g/mol. The maximum absolute atomic E-state index is 13.0. The molecular formula is C19H22N4O4S. The summed E-state index contributed by atoms with van der Waals surface area (Å²) in [5.41, 5.74) is 1.43. The number of methoxy groups -OCH3 is 1. The molecule has 0 spiro atoms. The Bertz CT molecular complexity index is 1050. The Morgan fingerprint density at radius 1 is 1.14 bits per heavy atom. The van der Waals surface area contributed by atoms with Crippen LogP contribution >= 0.6 is 0 Å². The van der Waals surface area contributed by atoms with Gasteiger partial charge in [0.15, 0.2) is 0 Å². The van der Waals surface area contributed by atoms with E-state index in [-0.39, 0.29) is 22.5 Å². The summed E-state index contributed by atoms with van der Waals surface area (Å²) in [7, 11) is -2.45. The van der Waals surface area contributed by atoms with Crippen molar-refractivity contribution in [1.82, 2.24) is 19.8 Å². The van der Waals surface area contributed by atoms with E-state index in [9.17, 15) is 8.42 Å². The number of rotatable bonds is 7. The van der Waals surface area contributed by atoms with Crippen molar-refractivity contribution >= 4 is 10.0 Å². The summed E-state index contributed by atoms with van der Waals surface area (Å²) in [6.45, 7) is 5.61. The highest BCUT2D eigenvalue weighted by Gasteiger charge is 2.26. The summed E-state index contributed by atoms with van der Waals surface area (Å²) in [6, 6.07) is 9.71. The van der Waals surface area contributed by atoms with Crippen LogP contribution in [0, 0.1) is 0 Å². The number of hydrogen-bond acceptors (Lipinski definition) is 7. The second-order valence-electron chi connectivity index (χ2n) is 6.58. The van der Waals surface area contributed by atoms with Crippen LogP contribution in [-0.2, 0) is 10.0 Å². The molecule has 0 fully saturated rings. The average molecular weight is 402 g/mol. The molecule has 0 saturated carbocycles. The first-order chi connectivity index (χ1) is 13.3. The Hall–Kier alpha value is -2.78. The molecule has 0 bridgehead atoms. The Morgan fingerprint density at radius 2 is 1.93 bits per heavy atom. The molecule has 0 radical (unpaired) electrons. The number of hydrogen-bond donors (Lipinski definition) is 1. The van der Waals surface area contributed by atoms with E-state index < -0.39 is 16.1 Å². The number of sulfonamides is 1. The molecule has 0 unspecified atom stereocenters. The maximum atomic E-state index is 13.0. The van der Waals surface area contributed by atoms with Crippen molar-refractivity contribution in [2.45, 2.75) is 37.6 Å². The minimum absolute atomic E-state index is 0.0671. The van der Waals surface area contributed by atoms with E-state index >= 15 is 0 Å². The smallest absolute Gasteiger partial charge is 0.244 e. The second-order valence-corrected chi connectivity index (χ2v) is 8.26. The minimum atomic E-state index is -3.88. The van der Waals surface area contributed by atoms with Gasteiger partial charge in [0.1, 0.15) is 16.3 Å². The zero-order chi connectivity index (χ0) is 20.3. The van der Waals surface area contributed by atoms with Crippen LogP contribution in [0.4, 0.5) is 0 Å². The molecule has 0 aliphatic carbocycles. The maximum Gasteiger partial charge on any atom is 0.244 e. The van der Waals surface area contributed by atoms with E-state index in [2.05, 4.69) is 19.8 Å². The van der Waals surface area contributed by atoms with Gasteiger partial charge in [0, 0.05) is 6.20 Å². The summed E-state index contributed by atoms with van der Waals surface area (Å²) in [6.07, 6.45) is 1.62. The standard InChI is InChI=1S/C19H22N4O4S/c1-12(2)14-8-9-16(26-4)17(11-14)28(24,25)23-13(3)19-21-18(22-27-19)15-7-5-6-10-20-15/h5-13,23H,1-4H3/t13-/m0/s1. The third kappa shape index (κ3) is 4.20. The first-order valence-corrected chi connectivity index (χ1v) is 10.3. The van der Waals surface area contributed by atoms with Gasteiger partial charge < -0.3 is 9.26 Å². The van der Waals surface area contributed by atoms with Gasteiger partial charge in [-0.15, -0.1) is 0 Å². The Balaban J connectivity index is 1.87. The van der Waals surface area contributed by atoms with Crippen LogP contribution in [-0.4, -0.2) is 30.7 Å². The van der Waals surface area contributed by atoms with Crippen LogP contribution in [0.15, 0.2) is 52.0 Å². The number of nitrogens with zero attached hydrogens (tertiary/aromatic N) is 3. The molecule has 1 N–H and O–H groups in total. The summed E-state index contributed by atoms with van der Waals surface area (Å²) >= 11 is 0. The summed E-state index contributed by atoms with van der Waals surface area (Å²) in [5.74, 6) is 0.877. The van der Waals surface area contributed by atoms with Crippen LogP contribution in [0.3, 0.4) is 0 Å². The normalized spacial score (nSPS) is 12.9. The van der Waals surface area contributed by atoms with Gasteiger partial charge in [0.05, 0.1) is 13.2 Å². The molecule has 3 aromatic rings. The Morgan fingerprint density at radius 3 is 2.57 bits per heavy atom. The molecule has 9 heteroatoms. The number of aromatic nitrogens is 3. The van der Waals surface area contributed by atoms with Crippen molar-refractivity contribution in [2.75, 3.05) is 7.11 Å². The van der Waals surface area contributed by atoms with E-state index in [4.69, 9.17) is 9.26 Å². The van der Waals surface area contributed by atoms with Crippen molar-refractivity contribution in [3.63, 3.8) is 0 Å². The van der Waals surface area contributed by atoms with Crippen LogP contribution in [0.2, 0.25) is 0 Å². The van der Waals surface area contributed by atoms with Crippen molar-refractivity contribution in [1.29, 1.82) is 0 Å². The lowest BCUT2D eigenvalue weighted by Gasteiger charge is -2.15. The lowest BCUT2D eigenvalue weighted by Crippen LogP contribution is -2.27. The highest BCUT2D eigenvalue weighted by Crippen LogP contribution is 2.29. The molecule has 1 aromatic carbocycles. The van der Waals surface area contributed by atoms with Gasteiger partial charge in [-0.2, -0.15) is 9.71 Å². The average Bonchev–Trinajstić information content (AvgIpc) is 3.18. The molecule has 8 nitrogen and oxygen atoms in total. The first kappa shape index (κ1) is 20.0. The van der Waals surface area contributed by atoms with Crippen LogP contribution < -0.4 is 9.46 Å². The monoisotopic (exact) mass is 402 g/mol. The van der Waals surface area contributed by atoms with Crippen LogP contribution in [0.5, 0.6) is 5.75 Å². The van der Waals surface area contributed by atoms with Gasteiger partial charge in [-0.3, -0.25) is 4.98 Å². The number of nitrogens with one attached hydrogen (secondary N) is 1. The van der Waals surface area contributed by atoms with E-state index in [0.717, 1.165) is 5.56 Å². The molecule has 2 heterocycles. The fourth-order valence-corrected chi connectivity index (χ4v) is 4.02. The zero-order valence-corrected chi connectivity index (χ0v) is 16.9. The number of ether oxygens (including phenoxy) is 1. The summed E-state index contributed by atoms with van der Waals surface area (Å²) in [4.78, 5) is 8.47. The Labute approximate surface area is 164 Å². The van der Waals surface area contributed by atoms with Crippen molar-refractivity contribution in [3.05, 3.63) is 54.0 Å². The van der Waals surface area contributed by atoms with Crippen LogP contribution in [0.1, 0.15) is 44.2 Å². The van der Waals surface area contributed by atoms with Gasteiger partial charge in [0.2, 0.25) is 21.7 Å². The van der Waals surface area contributed by atoms with Crippen molar-refractivity contribution < 1.29 is 17.7 Å². The molecule has 2 aromatic heterocycles. The van der Waals surface area contributed by atoms with Crippen molar-refractivity contribution in [2.24, 2.45) is 0 Å². The predicted octanol–water partition coefficient (Wildman–Crippen LogP) is 3.30. The largest absolute Gasteiger partial charge is 0.495 e. The highest BCUT2D eigenvalue weighted by atomic mass is 32.2. The van der Waals surface area contributed by atoms with Gasteiger partial charge in [-0.25, -0.2) is 8.42 Å². The van der Waals surface area contributed by atoms with Gasteiger partial charge in [-0.05, 0) is 42.7 Å². The Kier molecular flexibility index (Phi) is 5.76. The van der Waals surface area contributed by atoms with Gasteiger partial charge >= 0.3 is 0 Å². The lowest BCUT2D eigenvalue weighted by atomic mass is 10.0. The molecule has 3 rings (SSSR count). The fraction of sp³-hybridized carbons (Fsp3) is 0.316. The van der Waals surface area contributed by atoms with Crippen LogP contribution in [0.25, 0.3) is 11.5 Å². The summed E-state index contributed by atoms with van der Waals surface area (Å²) in [5, 5.41) is 3.87. The van der Waals surface area contributed by atoms with Gasteiger partial charge in [-0.1, -0.05) is 31.1 Å². The van der Waals surface area contributed by atoms with E-state index in [1.807, 2.05) is 19.9 Å². The lowest BCUT2D eigenvalue weighted by molar-refractivity contribution is 0.353. The van der Waals surface area contributed by atoms with Crippen molar-refractivity contribution in [3.8, 4) is 17.3 Å².